The summed E-state index contributed by atoms with van der Waals surface area (Å²) < 4.78 is 5.48. The number of hydrogen-bond acceptors (Lipinski definition) is 5. The minimum atomic E-state index is 0.0452. The molecule has 1 aliphatic heterocycles. The van der Waals surface area contributed by atoms with Crippen LogP contribution in [0.2, 0.25) is 0 Å². The van der Waals surface area contributed by atoms with Gasteiger partial charge in [0.25, 0.3) is 5.91 Å². The van der Waals surface area contributed by atoms with E-state index < -0.39 is 0 Å². The number of rotatable bonds is 6. The summed E-state index contributed by atoms with van der Waals surface area (Å²) in [6.45, 7) is 5.03. The van der Waals surface area contributed by atoms with Crippen molar-refractivity contribution in [2.45, 2.75) is 38.8 Å². The molecule has 1 saturated heterocycles. The van der Waals surface area contributed by atoms with E-state index in [2.05, 4.69) is 15.3 Å². The highest BCUT2D eigenvalue weighted by Crippen LogP contribution is 2.21. The Morgan fingerprint density at radius 1 is 1.19 bits per heavy atom. The van der Waals surface area contributed by atoms with Crippen LogP contribution in [-0.4, -0.2) is 46.5 Å². The van der Waals surface area contributed by atoms with Crippen LogP contribution in [0.25, 0.3) is 0 Å². The highest BCUT2D eigenvalue weighted by atomic mass is 16.5. The Bertz CT molecular complexity index is 683. The van der Waals surface area contributed by atoms with Crippen LogP contribution in [0, 0.1) is 0 Å². The Hall–Kier alpha value is -2.47. The lowest BCUT2D eigenvalue weighted by Gasteiger charge is -2.31. The van der Waals surface area contributed by atoms with Gasteiger partial charge in [-0.1, -0.05) is 0 Å². The third kappa shape index (κ3) is 4.79. The molecule has 1 aromatic heterocycles. The van der Waals surface area contributed by atoms with Gasteiger partial charge in [0.1, 0.15) is 12.1 Å². The molecule has 6 nitrogen and oxygen atoms in total. The number of amides is 1. The van der Waals surface area contributed by atoms with E-state index in [0.29, 0.717) is 18.7 Å². The van der Waals surface area contributed by atoms with Crippen LogP contribution >= 0.6 is 0 Å². The summed E-state index contributed by atoms with van der Waals surface area (Å²) in [4.78, 5) is 23.4. The molecular formula is C20H26N4O2. The molecule has 1 atom stereocenters. The van der Waals surface area contributed by atoms with Crippen LogP contribution in [0.3, 0.4) is 0 Å². The van der Waals surface area contributed by atoms with Gasteiger partial charge in [-0.2, -0.15) is 0 Å². The topological polar surface area (TPSA) is 67.3 Å². The van der Waals surface area contributed by atoms with E-state index in [4.69, 9.17) is 4.74 Å². The van der Waals surface area contributed by atoms with Gasteiger partial charge < -0.3 is 15.0 Å². The summed E-state index contributed by atoms with van der Waals surface area (Å²) in [5, 5.41) is 3.42. The Kier molecular flexibility index (Phi) is 6.55. The third-order valence-corrected chi connectivity index (χ3v) is 4.63. The van der Waals surface area contributed by atoms with Crippen LogP contribution in [0.15, 0.2) is 43.0 Å². The van der Waals surface area contributed by atoms with E-state index in [0.717, 1.165) is 43.7 Å². The maximum Gasteiger partial charge on any atom is 0.254 e. The van der Waals surface area contributed by atoms with Gasteiger partial charge in [-0.05, 0) is 63.5 Å². The molecule has 0 spiro atoms. The average Bonchev–Trinajstić information content (AvgIpc) is 2.97. The van der Waals surface area contributed by atoms with Crippen LogP contribution in [0.5, 0.6) is 5.75 Å². The zero-order chi connectivity index (χ0) is 18.2. The molecule has 0 aliphatic carbocycles. The van der Waals surface area contributed by atoms with Crippen LogP contribution in [0.4, 0.5) is 0 Å². The molecule has 3 rings (SSSR count). The second kappa shape index (κ2) is 9.29. The molecule has 138 valence electrons. The lowest BCUT2D eigenvalue weighted by Crippen LogP contribution is -2.40. The molecule has 6 heteroatoms. The first-order valence-corrected chi connectivity index (χ1v) is 9.26. The second-order valence-corrected chi connectivity index (χ2v) is 6.47. The lowest BCUT2D eigenvalue weighted by molar-refractivity contribution is 0.0645. The predicted octanol–water partition coefficient (Wildman–Crippen LogP) is 2.66. The number of ether oxygens (including phenoxy) is 1. The zero-order valence-corrected chi connectivity index (χ0v) is 15.2. The van der Waals surface area contributed by atoms with Crippen molar-refractivity contribution in [1.82, 2.24) is 20.2 Å². The van der Waals surface area contributed by atoms with Crippen LogP contribution in [-0.2, 0) is 6.54 Å². The zero-order valence-electron chi connectivity index (χ0n) is 15.2. The van der Waals surface area contributed by atoms with E-state index in [-0.39, 0.29) is 11.9 Å². The normalized spacial score (nSPS) is 17.3. The lowest BCUT2D eigenvalue weighted by atomic mass is 10.0. The third-order valence-electron chi connectivity index (χ3n) is 4.63. The fourth-order valence-corrected chi connectivity index (χ4v) is 3.31. The molecule has 1 amide bonds. The molecule has 0 bridgehead atoms. The maximum absolute atomic E-state index is 13.3. The molecule has 2 aromatic rings. The molecule has 1 N–H and O–H groups in total. The van der Waals surface area contributed by atoms with Gasteiger partial charge in [0.2, 0.25) is 0 Å². The van der Waals surface area contributed by atoms with Gasteiger partial charge in [0.15, 0.2) is 0 Å². The first-order valence-electron chi connectivity index (χ1n) is 9.26. The van der Waals surface area contributed by atoms with Crippen LogP contribution in [0.1, 0.15) is 42.1 Å². The maximum atomic E-state index is 13.3. The Morgan fingerprint density at radius 2 is 1.96 bits per heavy atom. The average molecular weight is 354 g/mol. The summed E-state index contributed by atoms with van der Waals surface area (Å²) in [5.74, 6) is 0.828. The highest BCUT2D eigenvalue weighted by Gasteiger charge is 2.26. The molecule has 1 aromatic carbocycles. The van der Waals surface area contributed by atoms with Crippen molar-refractivity contribution < 1.29 is 9.53 Å². The smallest absolute Gasteiger partial charge is 0.254 e. The Balaban J connectivity index is 1.81. The number of carbonyl (C=O) groups excluding carboxylic acids is 1. The monoisotopic (exact) mass is 354 g/mol. The quantitative estimate of drug-likeness (QED) is 0.864. The Morgan fingerprint density at radius 3 is 2.69 bits per heavy atom. The number of aromatic nitrogens is 2. The van der Waals surface area contributed by atoms with E-state index in [1.165, 1.54) is 6.33 Å². The largest absolute Gasteiger partial charge is 0.494 e. The minimum Gasteiger partial charge on any atom is -0.494 e. The summed E-state index contributed by atoms with van der Waals surface area (Å²) >= 11 is 0. The molecule has 1 unspecified atom stereocenters. The Labute approximate surface area is 154 Å². The number of nitrogens with one attached hydrogen (secondary N) is 1. The molecule has 0 radical (unpaired) electrons. The molecule has 1 aliphatic rings. The van der Waals surface area contributed by atoms with E-state index in [1.807, 2.05) is 36.1 Å². The number of hydrogen-bond donors (Lipinski definition) is 1. The minimum absolute atomic E-state index is 0.0452. The van der Waals surface area contributed by atoms with E-state index >= 15 is 0 Å². The van der Waals surface area contributed by atoms with E-state index in [9.17, 15) is 4.79 Å². The van der Waals surface area contributed by atoms with Gasteiger partial charge in [0, 0.05) is 36.1 Å². The molecule has 0 saturated carbocycles. The molecule has 1 fully saturated rings. The van der Waals surface area contributed by atoms with Crippen molar-refractivity contribution in [1.29, 1.82) is 0 Å². The van der Waals surface area contributed by atoms with Crippen molar-refractivity contribution >= 4 is 5.91 Å². The van der Waals surface area contributed by atoms with Crippen molar-refractivity contribution in [3.8, 4) is 5.75 Å². The molecular weight excluding hydrogens is 328 g/mol. The van der Waals surface area contributed by atoms with Gasteiger partial charge in [-0.25, -0.2) is 9.97 Å². The van der Waals surface area contributed by atoms with Crippen molar-refractivity contribution in [2.24, 2.45) is 0 Å². The van der Waals surface area contributed by atoms with Gasteiger partial charge >= 0.3 is 0 Å². The summed E-state index contributed by atoms with van der Waals surface area (Å²) in [7, 11) is 0. The van der Waals surface area contributed by atoms with Crippen molar-refractivity contribution in [3.63, 3.8) is 0 Å². The van der Waals surface area contributed by atoms with Gasteiger partial charge in [0.05, 0.1) is 6.61 Å². The summed E-state index contributed by atoms with van der Waals surface area (Å²) in [6.07, 6.45) is 8.10. The fourth-order valence-electron chi connectivity index (χ4n) is 3.31. The molecule has 26 heavy (non-hydrogen) atoms. The van der Waals surface area contributed by atoms with Crippen LogP contribution < -0.4 is 10.1 Å². The van der Waals surface area contributed by atoms with Crippen molar-refractivity contribution in [2.75, 3.05) is 19.7 Å². The fraction of sp³-hybridized carbons (Fsp3) is 0.450. The number of carbonyl (C=O) groups is 1. The number of benzene rings is 1. The second-order valence-electron chi connectivity index (χ2n) is 6.47. The SMILES string of the molecule is CCOc1ccc(C(=O)N(Cc2cncnc2)C2CCCNCC2)cc1. The van der Waals surface area contributed by atoms with Gasteiger partial charge in [-0.15, -0.1) is 0 Å². The predicted molar refractivity (Wildman–Crippen MR) is 100 cm³/mol. The first kappa shape index (κ1) is 18.3. The standard InChI is InChI=1S/C20H26N4O2/c1-2-26-19-7-5-17(6-8-19)20(25)24(14-16-12-22-15-23-13-16)18-4-3-10-21-11-9-18/h5-8,12-13,15,18,21H,2-4,9-11,14H2,1H3. The van der Waals surface area contributed by atoms with Gasteiger partial charge in [-0.3, -0.25) is 4.79 Å². The molecule has 2 heterocycles. The highest BCUT2D eigenvalue weighted by molar-refractivity contribution is 5.94. The van der Waals surface area contributed by atoms with Crippen molar-refractivity contribution in [3.05, 3.63) is 54.1 Å². The first-order chi connectivity index (χ1) is 12.8. The number of nitrogens with zero attached hydrogens (tertiary/aromatic N) is 3. The summed E-state index contributed by atoms with van der Waals surface area (Å²) in [5.41, 5.74) is 1.63. The van der Waals surface area contributed by atoms with E-state index in [1.54, 1.807) is 12.4 Å². The summed E-state index contributed by atoms with van der Waals surface area (Å²) in [6, 6.07) is 7.61.